The van der Waals surface area contributed by atoms with E-state index in [1.54, 1.807) is 0 Å². The van der Waals surface area contributed by atoms with Gasteiger partial charge in [0.05, 0.1) is 25.0 Å². The Bertz CT molecular complexity index is 841. The molecule has 2 rings (SSSR count). The third-order valence-electron chi connectivity index (χ3n) is 4.26. The Hall–Kier alpha value is -2.92. The van der Waals surface area contributed by atoms with Crippen molar-refractivity contribution in [3.8, 4) is 0 Å². The van der Waals surface area contributed by atoms with Crippen molar-refractivity contribution in [1.82, 2.24) is 0 Å². The molecule has 2 aromatic rings. The van der Waals surface area contributed by atoms with Crippen molar-refractivity contribution in [2.45, 2.75) is 26.9 Å². The number of rotatable bonds is 7. The lowest BCUT2D eigenvalue weighted by atomic mass is 9.96. The molecule has 0 aliphatic heterocycles. The van der Waals surface area contributed by atoms with Crippen molar-refractivity contribution >= 4 is 17.3 Å². The molecular formula is C22H25NO4. The summed E-state index contributed by atoms with van der Waals surface area (Å²) in [6.45, 7) is 5.43. The van der Waals surface area contributed by atoms with Crippen molar-refractivity contribution in [3.05, 3.63) is 76.9 Å². The molecule has 0 aromatic heterocycles. The number of hydrogen-bond acceptors (Lipinski definition) is 5. The van der Waals surface area contributed by atoms with Gasteiger partial charge in [0.2, 0.25) is 0 Å². The van der Waals surface area contributed by atoms with Gasteiger partial charge in [-0.15, -0.1) is 0 Å². The Morgan fingerprint density at radius 1 is 1.22 bits per heavy atom. The van der Waals surface area contributed by atoms with Gasteiger partial charge in [0, 0.05) is 0 Å². The summed E-state index contributed by atoms with van der Waals surface area (Å²) in [5, 5.41) is 13.5. The van der Waals surface area contributed by atoms with Crippen LogP contribution in [-0.4, -0.2) is 30.5 Å². The standard InChI is InChI=1S/C22H25NO4/c1-15-10-11-19(14-21(15)20(12-13-24)22(25)26-4)16(2)23-27-17(3)18-8-6-5-7-9-18/h5-12,14,17,24H,13H2,1-4H3/b20-12+,23-16?. The number of oxime groups is 1. The highest BCUT2D eigenvalue weighted by molar-refractivity contribution is 6.17. The molecule has 1 atom stereocenters. The summed E-state index contributed by atoms with van der Waals surface area (Å²) in [4.78, 5) is 17.7. The first-order valence-corrected chi connectivity index (χ1v) is 8.74. The first-order chi connectivity index (χ1) is 13.0. The second-order valence-corrected chi connectivity index (χ2v) is 6.16. The summed E-state index contributed by atoms with van der Waals surface area (Å²) in [6.07, 6.45) is 1.27. The smallest absolute Gasteiger partial charge is 0.338 e. The fraction of sp³-hybridized carbons (Fsp3) is 0.273. The molecule has 5 heteroatoms. The van der Waals surface area contributed by atoms with E-state index in [1.807, 2.05) is 69.3 Å². The highest BCUT2D eigenvalue weighted by atomic mass is 16.6. The number of hydrogen-bond donors (Lipinski definition) is 1. The van der Waals surface area contributed by atoms with Crippen LogP contribution in [0.2, 0.25) is 0 Å². The molecule has 5 nitrogen and oxygen atoms in total. The highest BCUT2D eigenvalue weighted by Gasteiger charge is 2.16. The largest absolute Gasteiger partial charge is 0.465 e. The van der Waals surface area contributed by atoms with E-state index in [-0.39, 0.29) is 12.7 Å². The maximum absolute atomic E-state index is 12.1. The number of methoxy groups -OCH3 is 1. The zero-order chi connectivity index (χ0) is 19.8. The average molecular weight is 367 g/mol. The Kier molecular flexibility index (Phi) is 7.32. The van der Waals surface area contributed by atoms with Gasteiger partial charge in [-0.1, -0.05) is 47.6 Å². The van der Waals surface area contributed by atoms with Gasteiger partial charge in [0.25, 0.3) is 0 Å². The predicted molar refractivity (Wildman–Crippen MR) is 106 cm³/mol. The van der Waals surface area contributed by atoms with Gasteiger partial charge >= 0.3 is 5.97 Å². The van der Waals surface area contributed by atoms with Gasteiger partial charge in [0.15, 0.2) is 0 Å². The van der Waals surface area contributed by atoms with Crippen molar-refractivity contribution < 1.29 is 19.5 Å². The van der Waals surface area contributed by atoms with E-state index >= 15 is 0 Å². The Balaban J connectivity index is 2.28. The summed E-state index contributed by atoms with van der Waals surface area (Å²) >= 11 is 0. The molecule has 0 bridgehead atoms. The minimum Gasteiger partial charge on any atom is -0.465 e. The molecule has 0 aliphatic rings. The van der Waals surface area contributed by atoms with E-state index in [2.05, 4.69) is 5.16 Å². The molecular weight excluding hydrogens is 342 g/mol. The Morgan fingerprint density at radius 3 is 2.56 bits per heavy atom. The van der Waals surface area contributed by atoms with E-state index in [0.717, 1.165) is 16.7 Å². The van der Waals surface area contributed by atoms with E-state index < -0.39 is 5.97 Å². The maximum Gasteiger partial charge on any atom is 0.338 e. The second-order valence-electron chi connectivity index (χ2n) is 6.16. The third-order valence-corrected chi connectivity index (χ3v) is 4.26. The van der Waals surface area contributed by atoms with Crippen LogP contribution >= 0.6 is 0 Å². The number of carbonyl (C=O) groups excluding carboxylic acids is 1. The van der Waals surface area contributed by atoms with Crippen LogP contribution < -0.4 is 0 Å². The normalized spacial score (nSPS) is 13.2. The van der Waals surface area contributed by atoms with Gasteiger partial charge in [-0.05, 0) is 55.2 Å². The molecule has 0 fully saturated rings. The van der Waals surface area contributed by atoms with Crippen molar-refractivity contribution in [2.24, 2.45) is 5.16 Å². The molecule has 1 N–H and O–H groups in total. The molecule has 0 saturated carbocycles. The lowest BCUT2D eigenvalue weighted by molar-refractivity contribution is -0.133. The number of ether oxygens (including phenoxy) is 1. The van der Waals surface area contributed by atoms with Crippen LogP contribution in [0.1, 0.15) is 42.2 Å². The number of aliphatic hydroxyl groups is 1. The topological polar surface area (TPSA) is 68.1 Å². The first kappa shape index (κ1) is 20.4. The van der Waals surface area contributed by atoms with Crippen LogP contribution in [0.4, 0.5) is 0 Å². The number of aryl methyl sites for hydroxylation is 1. The van der Waals surface area contributed by atoms with Gasteiger partial charge in [-0.3, -0.25) is 0 Å². The van der Waals surface area contributed by atoms with Gasteiger partial charge in [-0.2, -0.15) is 0 Å². The lowest BCUT2D eigenvalue weighted by Gasteiger charge is -2.13. The molecule has 0 aliphatic carbocycles. The van der Waals surface area contributed by atoms with Gasteiger partial charge in [0.1, 0.15) is 6.10 Å². The molecule has 1 unspecified atom stereocenters. The fourth-order valence-electron chi connectivity index (χ4n) is 2.64. The molecule has 0 spiro atoms. The maximum atomic E-state index is 12.1. The molecule has 142 valence electrons. The van der Waals surface area contributed by atoms with E-state index in [9.17, 15) is 9.90 Å². The number of carbonyl (C=O) groups is 1. The third kappa shape index (κ3) is 5.28. The predicted octanol–water partition coefficient (Wildman–Crippen LogP) is 4.05. The molecule has 27 heavy (non-hydrogen) atoms. The quantitative estimate of drug-likeness (QED) is 0.347. The summed E-state index contributed by atoms with van der Waals surface area (Å²) < 4.78 is 4.83. The number of esters is 1. The molecule has 0 radical (unpaired) electrons. The summed E-state index contributed by atoms with van der Waals surface area (Å²) in [6, 6.07) is 15.5. The average Bonchev–Trinajstić information content (AvgIpc) is 2.70. The molecule has 2 aromatic carbocycles. The first-order valence-electron chi connectivity index (χ1n) is 8.74. The van der Waals surface area contributed by atoms with Crippen molar-refractivity contribution in [2.75, 3.05) is 13.7 Å². The van der Waals surface area contributed by atoms with E-state index in [4.69, 9.17) is 9.57 Å². The van der Waals surface area contributed by atoms with Crippen molar-refractivity contribution in [1.29, 1.82) is 0 Å². The Labute approximate surface area is 159 Å². The van der Waals surface area contributed by atoms with Crippen LogP contribution in [-0.2, 0) is 14.4 Å². The second kappa shape index (κ2) is 9.69. The lowest BCUT2D eigenvalue weighted by Crippen LogP contribution is -2.08. The summed E-state index contributed by atoms with van der Waals surface area (Å²) in [7, 11) is 1.32. The molecule has 0 heterocycles. The fourth-order valence-corrected chi connectivity index (χ4v) is 2.64. The van der Waals surface area contributed by atoms with Crippen LogP contribution in [0.15, 0.2) is 59.8 Å². The summed E-state index contributed by atoms with van der Waals surface area (Å²) in [5.41, 5.74) is 4.47. The SMILES string of the molecule is COC(=O)/C(=C/CO)c1cc(C(C)=NOC(C)c2ccccc2)ccc1C. The zero-order valence-electron chi connectivity index (χ0n) is 16.1. The molecule has 0 saturated heterocycles. The summed E-state index contributed by atoms with van der Waals surface area (Å²) in [5.74, 6) is -0.493. The number of aliphatic hydroxyl groups excluding tert-OH is 1. The Morgan fingerprint density at radius 2 is 1.93 bits per heavy atom. The monoisotopic (exact) mass is 367 g/mol. The van der Waals surface area contributed by atoms with Crippen LogP contribution in [0.25, 0.3) is 5.57 Å². The van der Waals surface area contributed by atoms with Gasteiger partial charge in [-0.25, -0.2) is 4.79 Å². The molecule has 0 amide bonds. The minimum atomic E-state index is -0.493. The van der Waals surface area contributed by atoms with Crippen LogP contribution in [0.3, 0.4) is 0 Å². The highest BCUT2D eigenvalue weighted by Crippen LogP contribution is 2.23. The van der Waals surface area contributed by atoms with E-state index in [0.29, 0.717) is 16.8 Å². The minimum absolute atomic E-state index is 0.175. The van der Waals surface area contributed by atoms with Crippen LogP contribution in [0.5, 0.6) is 0 Å². The number of benzene rings is 2. The van der Waals surface area contributed by atoms with Crippen molar-refractivity contribution in [3.63, 3.8) is 0 Å². The van der Waals surface area contributed by atoms with E-state index in [1.165, 1.54) is 13.2 Å². The zero-order valence-corrected chi connectivity index (χ0v) is 16.1. The van der Waals surface area contributed by atoms with Crippen LogP contribution in [0, 0.1) is 6.92 Å². The van der Waals surface area contributed by atoms with Gasteiger partial charge < -0.3 is 14.7 Å². The number of nitrogens with zero attached hydrogens (tertiary/aromatic N) is 1.